The molecule has 6 nitrogen and oxygen atoms in total. The van der Waals surface area contributed by atoms with Crippen LogP contribution in [0.2, 0.25) is 0 Å². The molecule has 0 saturated heterocycles. The van der Waals surface area contributed by atoms with Crippen molar-refractivity contribution in [3.8, 4) is 17.2 Å². The highest BCUT2D eigenvalue weighted by molar-refractivity contribution is 5.79. The predicted molar refractivity (Wildman–Crippen MR) is 83.3 cm³/mol. The van der Waals surface area contributed by atoms with Crippen LogP contribution in [0.3, 0.4) is 0 Å². The average Bonchev–Trinajstić information content (AvgIpc) is 2.54. The van der Waals surface area contributed by atoms with E-state index in [1.807, 2.05) is 0 Å². The van der Waals surface area contributed by atoms with Gasteiger partial charge in [-0.05, 0) is 24.3 Å². The summed E-state index contributed by atoms with van der Waals surface area (Å²) < 4.78 is 11.3. The fourth-order valence-corrected chi connectivity index (χ4v) is 2.31. The second kappa shape index (κ2) is 5.40. The van der Waals surface area contributed by atoms with E-state index in [1.54, 1.807) is 42.5 Å². The summed E-state index contributed by atoms with van der Waals surface area (Å²) in [5, 5.41) is 0.406. The highest BCUT2D eigenvalue weighted by atomic mass is 16.5. The van der Waals surface area contributed by atoms with Crippen LogP contribution in [-0.2, 0) is 0 Å². The zero-order valence-electron chi connectivity index (χ0n) is 12.1. The van der Waals surface area contributed by atoms with Gasteiger partial charge in [0.1, 0.15) is 11.5 Å². The molecule has 0 atom stereocenters. The van der Waals surface area contributed by atoms with E-state index in [-0.39, 0.29) is 0 Å². The van der Waals surface area contributed by atoms with Crippen LogP contribution in [0.4, 0.5) is 0 Å². The Hall–Kier alpha value is -3.02. The molecule has 3 rings (SSSR count). The molecule has 3 aromatic rings. The monoisotopic (exact) mass is 298 g/mol. The minimum Gasteiger partial charge on any atom is -0.497 e. The number of fused-ring (bicyclic) bond motifs is 1. The smallest absolute Gasteiger partial charge is 0.333 e. The van der Waals surface area contributed by atoms with Crippen LogP contribution in [0.1, 0.15) is 0 Å². The van der Waals surface area contributed by atoms with Gasteiger partial charge in [-0.3, -0.25) is 4.79 Å². The van der Waals surface area contributed by atoms with Crippen molar-refractivity contribution in [2.75, 3.05) is 14.2 Å². The van der Waals surface area contributed by atoms with Gasteiger partial charge in [0.2, 0.25) is 0 Å². The van der Waals surface area contributed by atoms with E-state index in [0.717, 1.165) is 4.57 Å². The standard InChI is InChI=1S/C16H14N2O4/c1-21-11-5-3-4-10(8-11)18-15(19)13-7-6-12(22-2)9-14(13)17-16(18)20/h3-9H,1-2H3,(H,17,20). The number of aromatic amines is 1. The number of ether oxygens (including phenoxy) is 2. The molecule has 0 bridgehead atoms. The SMILES string of the molecule is COc1cccc(-n2c(=O)[nH]c3cc(OC)ccc3c2=O)c1. The fourth-order valence-electron chi connectivity index (χ4n) is 2.31. The number of hydrogen-bond acceptors (Lipinski definition) is 4. The molecule has 0 aliphatic carbocycles. The number of methoxy groups -OCH3 is 2. The molecule has 0 radical (unpaired) electrons. The van der Waals surface area contributed by atoms with Crippen LogP contribution in [0.15, 0.2) is 52.1 Å². The van der Waals surface area contributed by atoms with E-state index in [0.29, 0.717) is 28.1 Å². The Bertz CT molecular complexity index is 956. The first-order valence-corrected chi connectivity index (χ1v) is 6.61. The van der Waals surface area contributed by atoms with Crippen LogP contribution >= 0.6 is 0 Å². The predicted octanol–water partition coefficient (Wildman–Crippen LogP) is 1.70. The third kappa shape index (κ3) is 2.24. The summed E-state index contributed by atoms with van der Waals surface area (Å²) in [4.78, 5) is 27.6. The molecule has 0 amide bonds. The van der Waals surface area contributed by atoms with E-state index < -0.39 is 11.2 Å². The summed E-state index contributed by atoms with van der Waals surface area (Å²) in [5.41, 5.74) is -0.0227. The first kappa shape index (κ1) is 13.9. The van der Waals surface area contributed by atoms with Gasteiger partial charge in [-0.15, -0.1) is 0 Å². The summed E-state index contributed by atoms with van der Waals surface area (Å²) in [6.45, 7) is 0. The Morgan fingerprint density at radius 2 is 1.68 bits per heavy atom. The molecule has 0 aliphatic heterocycles. The lowest BCUT2D eigenvalue weighted by Crippen LogP contribution is -2.33. The largest absolute Gasteiger partial charge is 0.497 e. The van der Waals surface area contributed by atoms with E-state index in [1.165, 1.54) is 14.2 Å². The van der Waals surface area contributed by atoms with E-state index >= 15 is 0 Å². The van der Waals surface area contributed by atoms with Gasteiger partial charge in [-0.1, -0.05) is 6.07 Å². The summed E-state index contributed by atoms with van der Waals surface area (Å²) in [6, 6.07) is 11.7. The summed E-state index contributed by atoms with van der Waals surface area (Å²) >= 11 is 0. The topological polar surface area (TPSA) is 73.3 Å². The molecule has 1 N–H and O–H groups in total. The number of H-pyrrole nitrogens is 1. The molecule has 1 heterocycles. The zero-order chi connectivity index (χ0) is 15.7. The van der Waals surface area contributed by atoms with E-state index in [9.17, 15) is 9.59 Å². The quantitative estimate of drug-likeness (QED) is 0.798. The van der Waals surface area contributed by atoms with Gasteiger partial charge >= 0.3 is 5.69 Å². The summed E-state index contributed by atoms with van der Waals surface area (Å²) in [7, 11) is 3.05. The van der Waals surface area contributed by atoms with Gasteiger partial charge in [0, 0.05) is 12.1 Å². The van der Waals surface area contributed by atoms with Gasteiger partial charge in [0.15, 0.2) is 0 Å². The van der Waals surface area contributed by atoms with E-state index in [2.05, 4.69) is 4.98 Å². The van der Waals surface area contributed by atoms with Crippen molar-refractivity contribution in [1.29, 1.82) is 0 Å². The zero-order valence-corrected chi connectivity index (χ0v) is 12.1. The van der Waals surface area contributed by atoms with E-state index in [4.69, 9.17) is 9.47 Å². The highest BCUT2D eigenvalue weighted by Gasteiger charge is 2.10. The highest BCUT2D eigenvalue weighted by Crippen LogP contribution is 2.17. The maximum absolute atomic E-state index is 12.6. The second-order valence-corrected chi connectivity index (χ2v) is 4.68. The number of hydrogen-bond donors (Lipinski definition) is 1. The molecular formula is C16H14N2O4. The lowest BCUT2D eigenvalue weighted by atomic mass is 10.2. The first-order chi connectivity index (χ1) is 10.6. The third-order valence-electron chi connectivity index (χ3n) is 3.42. The molecule has 6 heteroatoms. The second-order valence-electron chi connectivity index (χ2n) is 4.68. The summed E-state index contributed by atoms with van der Waals surface area (Å²) in [5.74, 6) is 1.14. The van der Waals surface area contributed by atoms with Gasteiger partial charge in [-0.25, -0.2) is 9.36 Å². The maximum Gasteiger partial charge on any atom is 0.333 e. The summed E-state index contributed by atoms with van der Waals surface area (Å²) in [6.07, 6.45) is 0. The van der Waals surface area contributed by atoms with Crippen molar-refractivity contribution in [2.45, 2.75) is 0 Å². The molecule has 112 valence electrons. The van der Waals surface area contributed by atoms with Crippen LogP contribution in [0.25, 0.3) is 16.6 Å². The molecule has 22 heavy (non-hydrogen) atoms. The fraction of sp³-hybridized carbons (Fsp3) is 0.125. The van der Waals surface area contributed by atoms with Crippen LogP contribution in [0, 0.1) is 0 Å². The molecule has 1 aromatic heterocycles. The minimum absolute atomic E-state index is 0.394. The van der Waals surface area contributed by atoms with Crippen molar-refractivity contribution >= 4 is 10.9 Å². The Balaban J connectivity index is 2.31. The van der Waals surface area contributed by atoms with Crippen molar-refractivity contribution in [2.24, 2.45) is 0 Å². The number of nitrogens with zero attached hydrogens (tertiary/aromatic N) is 1. The lowest BCUT2D eigenvalue weighted by molar-refractivity contribution is 0.414. The van der Waals surface area contributed by atoms with Gasteiger partial charge < -0.3 is 14.5 Å². The van der Waals surface area contributed by atoms with Gasteiger partial charge in [0.25, 0.3) is 5.56 Å². The van der Waals surface area contributed by atoms with Crippen molar-refractivity contribution in [3.63, 3.8) is 0 Å². The average molecular weight is 298 g/mol. The number of benzene rings is 2. The van der Waals surface area contributed by atoms with Crippen LogP contribution in [0.5, 0.6) is 11.5 Å². The maximum atomic E-state index is 12.6. The number of rotatable bonds is 3. The molecule has 2 aromatic carbocycles. The van der Waals surface area contributed by atoms with Gasteiger partial charge in [0.05, 0.1) is 30.8 Å². The number of nitrogens with one attached hydrogen (secondary N) is 1. The number of aromatic nitrogens is 2. The Kier molecular flexibility index (Phi) is 3.42. The van der Waals surface area contributed by atoms with Crippen LogP contribution in [-0.4, -0.2) is 23.8 Å². The Morgan fingerprint density at radius 1 is 0.955 bits per heavy atom. The minimum atomic E-state index is -0.515. The molecule has 0 saturated carbocycles. The molecule has 0 unspecified atom stereocenters. The molecular weight excluding hydrogens is 284 g/mol. The lowest BCUT2D eigenvalue weighted by Gasteiger charge is -2.08. The Labute approximate surface area is 125 Å². The van der Waals surface area contributed by atoms with Gasteiger partial charge in [-0.2, -0.15) is 0 Å². The Morgan fingerprint density at radius 3 is 2.41 bits per heavy atom. The molecule has 0 fully saturated rings. The third-order valence-corrected chi connectivity index (χ3v) is 3.42. The van der Waals surface area contributed by atoms with Crippen LogP contribution < -0.4 is 20.7 Å². The van der Waals surface area contributed by atoms with Crippen molar-refractivity contribution < 1.29 is 9.47 Å². The first-order valence-electron chi connectivity index (χ1n) is 6.61. The molecule has 0 spiro atoms. The van der Waals surface area contributed by atoms with Crippen molar-refractivity contribution in [3.05, 3.63) is 63.3 Å². The molecule has 0 aliphatic rings. The van der Waals surface area contributed by atoms with Crippen molar-refractivity contribution in [1.82, 2.24) is 9.55 Å². The normalized spacial score (nSPS) is 10.6.